The number of rotatable bonds is 4. The van der Waals surface area contributed by atoms with Crippen LogP contribution in [0, 0.1) is 11.6 Å². The molecular weight excluding hydrogens is 236 g/mol. The minimum atomic E-state index is -0.929. The summed E-state index contributed by atoms with van der Waals surface area (Å²) in [5.74, 6) is -0.974. The zero-order chi connectivity index (χ0) is 13.2. The van der Waals surface area contributed by atoms with Gasteiger partial charge in [-0.05, 0) is 38.0 Å². The van der Waals surface area contributed by atoms with E-state index in [0.717, 1.165) is 43.9 Å². The second-order valence-electron chi connectivity index (χ2n) is 5.24. The first-order chi connectivity index (χ1) is 8.55. The van der Waals surface area contributed by atoms with Crippen molar-refractivity contribution in [2.24, 2.45) is 0 Å². The maximum absolute atomic E-state index is 13.8. The number of benzene rings is 1. The van der Waals surface area contributed by atoms with Gasteiger partial charge in [-0.25, -0.2) is 8.78 Å². The van der Waals surface area contributed by atoms with Crippen molar-refractivity contribution in [3.05, 3.63) is 35.4 Å². The lowest BCUT2D eigenvalue weighted by Crippen LogP contribution is -2.48. The fourth-order valence-corrected chi connectivity index (χ4v) is 2.65. The monoisotopic (exact) mass is 255 g/mol. The SMILES string of the molecule is CC(CO)(NC1CCCC1)c1cc(F)ccc1F. The van der Waals surface area contributed by atoms with Crippen LogP contribution in [0.2, 0.25) is 0 Å². The topological polar surface area (TPSA) is 32.3 Å². The smallest absolute Gasteiger partial charge is 0.128 e. The van der Waals surface area contributed by atoms with Crippen LogP contribution in [0.4, 0.5) is 8.78 Å². The number of nitrogens with one attached hydrogen (secondary N) is 1. The number of halogens is 2. The van der Waals surface area contributed by atoms with E-state index in [1.807, 2.05) is 0 Å². The number of aliphatic hydroxyl groups is 1. The molecule has 0 bridgehead atoms. The summed E-state index contributed by atoms with van der Waals surface area (Å²) in [4.78, 5) is 0. The molecule has 18 heavy (non-hydrogen) atoms. The Hall–Kier alpha value is -1.00. The van der Waals surface area contributed by atoms with Gasteiger partial charge in [0.15, 0.2) is 0 Å². The Morgan fingerprint density at radius 1 is 1.33 bits per heavy atom. The first-order valence-corrected chi connectivity index (χ1v) is 6.39. The van der Waals surface area contributed by atoms with Gasteiger partial charge >= 0.3 is 0 Å². The highest BCUT2D eigenvalue weighted by Crippen LogP contribution is 2.28. The Kier molecular flexibility index (Phi) is 3.97. The molecule has 2 nitrogen and oxygen atoms in total. The van der Waals surface area contributed by atoms with Crippen LogP contribution in [-0.4, -0.2) is 17.8 Å². The zero-order valence-electron chi connectivity index (χ0n) is 10.5. The van der Waals surface area contributed by atoms with E-state index in [4.69, 9.17) is 0 Å². The highest BCUT2D eigenvalue weighted by molar-refractivity contribution is 5.27. The van der Waals surface area contributed by atoms with Gasteiger partial charge in [-0.15, -0.1) is 0 Å². The van der Waals surface area contributed by atoms with Crippen molar-refractivity contribution >= 4 is 0 Å². The van der Waals surface area contributed by atoms with Crippen LogP contribution in [0.3, 0.4) is 0 Å². The predicted molar refractivity (Wildman–Crippen MR) is 66.2 cm³/mol. The Morgan fingerprint density at radius 2 is 2.00 bits per heavy atom. The first kappa shape index (κ1) is 13.4. The van der Waals surface area contributed by atoms with Crippen LogP contribution < -0.4 is 5.32 Å². The van der Waals surface area contributed by atoms with Gasteiger partial charge < -0.3 is 10.4 Å². The van der Waals surface area contributed by atoms with E-state index >= 15 is 0 Å². The number of aliphatic hydroxyl groups excluding tert-OH is 1. The van der Waals surface area contributed by atoms with Gasteiger partial charge in [0.25, 0.3) is 0 Å². The third-order valence-corrected chi connectivity index (χ3v) is 3.72. The Balaban J connectivity index is 2.26. The van der Waals surface area contributed by atoms with Crippen LogP contribution >= 0.6 is 0 Å². The second-order valence-corrected chi connectivity index (χ2v) is 5.24. The van der Waals surface area contributed by atoms with E-state index in [9.17, 15) is 13.9 Å². The van der Waals surface area contributed by atoms with Crippen molar-refractivity contribution in [2.75, 3.05) is 6.61 Å². The summed E-state index contributed by atoms with van der Waals surface area (Å²) in [6.45, 7) is 1.45. The molecule has 1 unspecified atom stereocenters. The molecule has 1 aliphatic carbocycles. The Labute approximate surface area is 106 Å². The largest absolute Gasteiger partial charge is 0.394 e. The molecule has 0 heterocycles. The molecule has 1 aliphatic rings. The molecule has 1 fully saturated rings. The third kappa shape index (κ3) is 2.70. The molecule has 2 N–H and O–H groups in total. The van der Waals surface area contributed by atoms with E-state index in [0.29, 0.717) is 0 Å². The molecule has 0 radical (unpaired) electrons. The Bertz CT molecular complexity index is 418. The van der Waals surface area contributed by atoms with Gasteiger partial charge in [-0.2, -0.15) is 0 Å². The molecule has 100 valence electrons. The average molecular weight is 255 g/mol. The number of hydrogen-bond acceptors (Lipinski definition) is 2. The van der Waals surface area contributed by atoms with E-state index in [1.54, 1.807) is 6.92 Å². The molecule has 1 aromatic rings. The second kappa shape index (κ2) is 5.33. The predicted octanol–water partition coefficient (Wildman–Crippen LogP) is 2.70. The molecule has 1 aromatic carbocycles. The van der Waals surface area contributed by atoms with E-state index < -0.39 is 17.2 Å². The fourth-order valence-electron chi connectivity index (χ4n) is 2.65. The van der Waals surface area contributed by atoms with Gasteiger partial charge in [-0.3, -0.25) is 0 Å². The van der Waals surface area contributed by atoms with E-state index in [-0.39, 0.29) is 18.2 Å². The number of hydrogen-bond donors (Lipinski definition) is 2. The summed E-state index contributed by atoms with van der Waals surface area (Å²) < 4.78 is 27.1. The summed E-state index contributed by atoms with van der Waals surface area (Å²) >= 11 is 0. The van der Waals surface area contributed by atoms with Crippen LogP contribution in [-0.2, 0) is 5.54 Å². The van der Waals surface area contributed by atoms with E-state index in [2.05, 4.69) is 5.32 Å². The van der Waals surface area contributed by atoms with Crippen LogP contribution in [0.25, 0.3) is 0 Å². The molecular formula is C14H19F2NO. The average Bonchev–Trinajstić information content (AvgIpc) is 2.84. The maximum Gasteiger partial charge on any atom is 0.128 e. The van der Waals surface area contributed by atoms with Crippen molar-refractivity contribution in [3.8, 4) is 0 Å². The molecule has 0 aromatic heterocycles. The zero-order valence-corrected chi connectivity index (χ0v) is 10.5. The van der Waals surface area contributed by atoms with Crippen LogP contribution in [0.1, 0.15) is 38.2 Å². The molecule has 1 saturated carbocycles. The standard InChI is InChI=1S/C14H19F2NO/c1-14(9-18,17-11-4-2-3-5-11)12-8-10(15)6-7-13(12)16/h6-8,11,17-18H,2-5,9H2,1H3. The van der Waals surface area contributed by atoms with Crippen molar-refractivity contribution in [1.82, 2.24) is 5.32 Å². The molecule has 0 saturated heterocycles. The summed E-state index contributed by atoms with van der Waals surface area (Å²) in [6, 6.07) is 3.62. The van der Waals surface area contributed by atoms with Crippen molar-refractivity contribution in [3.63, 3.8) is 0 Å². The van der Waals surface area contributed by atoms with Crippen molar-refractivity contribution < 1.29 is 13.9 Å². The molecule has 0 aliphatic heterocycles. The highest BCUT2D eigenvalue weighted by atomic mass is 19.1. The third-order valence-electron chi connectivity index (χ3n) is 3.72. The minimum absolute atomic E-state index is 0.192. The molecule has 2 rings (SSSR count). The summed E-state index contributed by atoms with van der Waals surface area (Å²) in [5, 5.41) is 12.8. The quantitative estimate of drug-likeness (QED) is 0.867. The molecule has 4 heteroatoms. The first-order valence-electron chi connectivity index (χ1n) is 6.39. The molecule has 1 atom stereocenters. The van der Waals surface area contributed by atoms with Gasteiger partial charge in [0, 0.05) is 11.6 Å². The minimum Gasteiger partial charge on any atom is -0.394 e. The van der Waals surface area contributed by atoms with Crippen molar-refractivity contribution in [2.45, 2.75) is 44.2 Å². The van der Waals surface area contributed by atoms with Gasteiger partial charge in [0.05, 0.1) is 12.1 Å². The fraction of sp³-hybridized carbons (Fsp3) is 0.571. The molecule has 0 spiro atoms. The lowest BCUT2D eigenvalue weighted by atomic mass is 9.91. The normalized spacial score (nSPS) is 20.0. The van der Waals surface area contributed by atoms with Gasteiger partial charge in [0.2, 0.25) is 0 Å². The maximum atomic E-state index is 13.8. The van der Waals surface area contributed by atoms with Crippen molar-refractivity contribution in [1.29, 1.82) is 0 Å². The Morgan fingerprint density at radius 3 is 2.61 bits per heavy atom. The van der Waals surface area contributed by atoms with Crippen LogP contribution in [0.15, 0.2) is 18.2 Å². The summed E-state index contributed by atoms with van der Waals surface area (Å²) in [6.07, 6.45) is 4.33. The van der Waals surface area contributed by atoms with Gasteiger partial charge in [-0.1, -0.05) is 12.8 Å². The summed E-state index contributed by atoms with van der Waals surface area (Å²) in [5.41, 5.74) is -0.738. The lowest BCUT2D eigenvalue weighted by molar-refractivity contribution is 0.157. The van der Waals surface area contributed by atoms with Crippen LogP contribution in [0.5, 0.6) is 0 Å². The molecule has 0 amide bonds. The van der Waals surface area contributed by atoms with Gasteiger partial charge in [0.1, 0.15) is 11.6 Å². The highest BCUT2D eigenvalue weighted by Gasteiger charge is 2.32. The van der Waals surface area contributed by atoms with E-state index in [1.165, 1.54) is 0 Å². The lowest BCUT2D eigenvalue weighted by Gasteiger charge is -2.33. The summed E-state index contributed by atoms with van der Waals surface area (Å²) in [7, 11) is 0.